The van der Waals surface area contributed by atoms with Gasteiger partial charge in [0.15, 0.2) is 11.6 Å². The zero-order chi connectivity index (χ0) is 20.4. The molecular formula is C23H34O3. The summed E-state index contributed by atoms with van der Waals surface area (Å²) in [6.07, 6.45) is 8.91. The van der Waals surface area contributed by atoms with Gasteiger partial charge in [0.1, 0.15) is 5.78 Å². The monoisotopic (exact) mass is 358 g/mol. The Labute approximate surface area is 158 Å². The number of hydrogen-bond acceptors (Lipinski definition) is 3. The van der Waals surface area contributed by atoms with Gasteiger partial charge >= 0.3 is 0 Å². The molecule has 0 rings (SSSR count). The number of carbonyl (C=O) groups is 3. The Morgan fingerprint density at radius 3 is 1.92 bits per heavy atom. The molecule has 0 unspecified atom stereocenters. The molecule has 0 fully saturated rings. The van der Waals surface area contributed by atoms with E-state index in [1.807, 2.05) is 58.9 Å². The second kappa shape index (κ2) is 11.6. The number of hydrogen-bond donors (Lipinski definition) is 0. The van der Waals surface area contributed by atoms with E-state index in [0.29, 0.717) is 12.0 Å². The number of Topliss-reactive ketones (excluding diaryl/α,β-unsaturated/α-hetero) is 3. The molecule has 0 bridgehead atoms. The van der Waals surface area contributed by atoms with Crippen molar-refractivity contribution in [3.05, 3.63) is 46.6 Å². The fourth-order valence-corrected chi connectivity index (χ4v) is 2.90. The van der Waals surface area contributed by atoms with E-state index in [1.54, 1.807) is 20.8 Å². The highest BCUT2D eigenvalue weighted by atomic mass is 16.2. The van der Waals surface area contributed by atoms with Crippen molar-refractivity contribution in [1.29, 1.82) is 0 Å². The summed E-state index contributed by atoms with van der Waals surface area (Å²) in [5, 5.41) is 0. The Bertz CT molecular complexity index is 657. The van der Waals surface area contributed by atoms with Crippen molar-refractivity contribution in [3.8, 4) is 0 Å². The fraction of sp³-hybridized carbons (Fsp3) is 0.522. The highest BCUT2D eigenvalue weighted by molar-refractivity contribution is 6.09. The van der Waals surface area contributed by atoms with Gasteiger partial charge in [-0.1, -0.05) is 50.6 Å². The van der Waals surface area contributed by atoms with Crippen LogP contribution in [0.5, 0.6) is 0 Å². The van der Waals surface area contributed by atoms with Gasteiger partial charge in [0.2, 0.25) is 0 Å². The van der Waals surface area contributed by atoms with Crippen molar-refractivity contribution in [2.24, 2.45) is 11.8 Å². The molecule has 2 atom stereocenters. The molecule has 0 aliphatic rings. The minimum absolute atomic E-state index is 0.0367. The van der Waals surface area contributed by atoms with Gasteiger partial charge in [-0.25, -0.2) is 0 Å². The zero-order valence-electron chi connectivity index (χ0n) is 17.6. The molecule has 0 radical (unpaired) electrons. The molecule has 0 aromatic rings. The van der Waals surface area contributed by atoms with Crippen molar-refractivity contribution < 1.29 is 14.4 Å². The van der Waals surface area contributed by atoms with Gasteiger partial charge < -0.3 is 0 Å². The van der Waals surface area contributed by atoms with E-state index in [1.165, 1.54) is 0 Å². The van der Waals surface area contributed by atoms with E-state index in [0.717, 1.165) is 23.1 Å². The first-order valence-electron chi connectivity index (χ1n) is 9.38. The summed E-state index contributed by atoms with van der Waals surface area (Å²) in [5.74, 6) is -0.611. The Kier molecular flexibility index (Phi) is 10.7. The number of allylic oxidation sites excluding steroid dienone is 8. The lowest BCUT2D eigenvalue weighted by Crippen LogP contribution is -2.21. The normalized spacial score (nSPS) is 16.3. The Morgan fingerprint density at radius 1 is 0.846 bits per heavy atom. The van der Waals surface area contributed by atoms with Crippen LogP contribution in [0.1, 0.15) is 68.2 Å². The zero-order valence-corrected chi connectivity index (χ0v) is 17.6. The van der Waals surface area contributed by atoms with E-state index >= 15 is 0 Å². The molecule has 0 saturated carbocycles. The quantitative estimate of drug-likeness (QED) is 0.291. The van der Waals surface area contributed by atoms with E-state index in [4.69, 9.17) is 0 Å². The van der Waals surface area contributed by atoms with Crippen LogP contribution in [0.2, 0.25) is 0 Å². The first-order chi connectivity index (χ1) is 12.0. The summed E-state index contributed by atoms with van der Waals surface area (Å²) in [5.41, 5.74) is 3.02. The second-order valence-electron chi connectivity index (χ2n) is 6.98. The van der Waals surface area contributed by atoms with Crippen LogP contribution in [0.25, 0.3) is 0 Å². The lowest BCUT2D eigenvalue weighted by Gasteiger charge is -2.09. The Balaban J connectivity index is 5.22. The Hall–Kier alpha value is -2.03. The molecule has 0 saturated heterocycles. The molecule has 0 aliphatic heterocycles. The topological polar surface area (TPSA) is 51.2 Å². The summed E-state index contributed by atoms with van der Waals surface area (Å²) in [6, 6.07) is 0. The van der Waals surface area contributed by atoms with Crippen LogP contribution in [0, 0.1) is 11.8 Å². The summed E-state index contributed by atoms with van der Waals surface area (Å²) < 4.78 is 0. The van der Waals surface area contributed by atoms with Gasteiger partial charge in [-0.15, -0.1) is 0 Å². The van der Waals surface area contributed by atoms with Crippen LogP contribution in [0.15, 0.2) is 46.6 Å². The predicted molar refractivity (Wildman–Crippen MR) is 109 cm³/mol. The average Bonchev–Trinajstić information content (AvgIpc) is 2.58. The molecular weight excluding hydrogens is 324 g/mol. The fourth-order valence-electron chi connectivity index (χ4n) is 2.90. The van der Waals surface area contributed by atoms with Gasteiger partial charge in [-0.05, 0) is 63.7 Å². The lowest BCUT2D eigenvalue weighted by atomic mass is 9.93. The molecule has 0 aromatic heterocycles. The maximum absolute atomic E-state index is 12.3. The van der Waals surface area contributed by atoms with Crippen molar-refractivity contribution in [3.63, 3.8) is 0 Å². The van der Waals surface area contributed by atoms with E-state index in [2.05, 4.69) is 0 Å². The molecule has 0 heterocycles. The lowest BCUT2D eigenvalue weighted by molar-refractivity contribution is -0.129. The highest BCUT2D eigenvalue weighted by Crippen LogP contribution is 2.15. The highest BCUT2D eigenvalue weighted by Gasteiger charge is 2.20. The molecule has 0 aliphatic carbocycles. The van der Waals surface area contributed by atoms with Crippen LogP contribution in [-0.4, -0.2) is 17.3 Å². The first-order valence-corrected chi connectivity index (χ1v) is 9.38. The molecule has 144 valence electrons. The van der Waals surface area contributed by atoms with Gasteiger partial charge in [0.05, 0.1) is 5.92 Å². The van der Waals surface area contributed by atoms with Crippen molar-refractivity contribution in [2.45, 2.75) is 68.2 Å². The van der Waals surface area contributed by atoms with E-state index in [-0.39, 0.29) is 23.3 Å². The van der Waals surface area contributed by atoms with Crippen molar-refractivity contribution in [2.75, 3.05) is 0 Å². The summed E-state index contributed by atoms with van der Waals surface area (Å²) >= 11 is 0. The smallest absolute Gasteiger partial charge is 0.183 e. The van der Waals surface area contributed by atoms with Gasteiger partial charge in [0.25, 0.3) is 0 Å². The van der Waals surface area contributed by atoms with Crippen molar-refractivity contribution >= 4 is 17.3 Å². The van der Waals surface area contributed by atoms with Crippen LogP contribution in [0.3, 0.4) is 0 Å². The largest absolute Gasteiger partial charge is 0.299 e. The first kappa shape index (κ1) is 24.0. The van der Waals surface area contributed by atoms with Gasteiger partial charge in [0, 0.05) is 6.42 Å². The molecule has 0 aromatic carbocycles. The predicted octanol–water partition coefficient (Wildman–Crippen LogP) is 5.57. The van der Waals surface area contributed by atoms with Crippen LogP contribution < -0.4 is 0 Å². The molecule has 3 heteroatoms. The standard InChI is InChI=1S/C23H34O3/c1-9-11-17(5)22(25)18(6)13-15(3)12-16(4)14-19(7)23(26)20(8)21(24)10-2/h11-15,20H,9-10H2,1-8H3/t15-,20-/m0/s1. The number of ketones is 3. The molecule has 0 amide bonds. The number of carbonyl (C=O) groups excluding carboxylic acids is 3. The minimum atomic E-state index is -0.588. The average molecular weight is 359 g/mol. The molecule has 26 heavy (non-hydrogen) atoms. The maximum Gasteiger partial charge on any atom is 0.183 e. The molecule has 0 spiro atoms. The third kappa shape index (κ3) is 7.90. The third-order valence-electron chi connectivity index (χ3n) is 4.32. The van der Waals surface area contributed by atoms with Crippen LogP contribution >= 0.6 is 0 Å². The summed E-state index contributed by atoms with van der Waals surface area (Å²) in [4.78, 5) is 36.2. The van der Waals surface area contributed by atoms with Crippen LogP contribution in [0.4, 0.5) is 0 Å². The second-order valence-corrected chi connectivity index (χ2v) is 6.98. The number of rotatable bonds is 10. The third-order valence-corrected chi connectivity index (χ3v) is 4.32. The van der Waals surface area contributed by atoms with Gasteiger partial charge in [-0.2, -0.15) is 0 Å². The van der Waals surface area contributed by atoms with E-state index < -0.39 is 5.92 Å². The minimum Gasteiger partial charge on any atom is -0.299 e. The summed E-state index contributed by atoms with van der Waals surface area (Å²) in [6.45, 7) is 14.8. The van der Waals surface area contributed by atoms with Gasteiger partial charge in [-0.3, -0.25) is 14.4 Å². The maximum atomic E-state index is 12.3. The Morgan fingerprint density at radius 2 is 1.42 bits per heavy atom. The van der Waals surface area contributed by atoms with Crippen molar-refractivity contribution in [1.82, 2.24) is 0 Å². The SMILES string of the molecule is CCC=C(C)C(=O)C(C)=C[C@@H](C)C=C(C)C=C(C)C(=O)[C@@H](C)C(=O)CC. The van der Waals surface area contributed by atoms with Crippen LogP contribution in [-0.2, 0) is 14.4 Å². The molecule has 0 N–H and O–H groups in total. The molecule has 3 nitrogen and oxygen atoms in total. The van der Waals surface area contributed by atoms with E-state index in [9.17, 15) is 14.4 Å². The summed E-state index contributed by atoms with van der Waals surface area (Å²) in [7, 11) is 0.